The Hall–Kier alpha value is -2.01. The predicted molar refractivity (Wildman–Crippen MR) is 143 cm³/mol. The lowest BCUT2D eigenvalue weighted by molar-refractivity contribution is -0.161. The Morgan fingerprint density at radius 2 is 1.82 bits per heavy atom. The largest absolute Gasteiger partial charge is 0.340 e. The van der Waals surface area contributed by atoms with E-state index >= 15 is 0 Å². The lowest BCUT2D eigenvalue weighted by atomic mass is 9.78. The molecule has 1 N–H and O–H groups in total. The van der Waals surface area contributed by atoms with Gasteiger partial charge in [-0.3, -0.25) is 24.6 Å². The fraction of sp³-hybridized carbons (Fsp3) is 0.667. The molecule has 1 aromatic carbocycles. The van der Waals surface area contributed by atoms with Gasteiger partial charge in [0.2, 0.25) is 23.6 Å². The standard InChI is InChI=1S/C27H35Cl2F2N5O3/c1-33(14-17-2-4-21(28)22(29)10-17)24(37)15-36-16-32-23-5-3-19(11-20(23)26(36)39)34-6-8-35(9-7-34)25(38)18-12-27(30,31)13-18/h2,4,10,18-20,23,32H,3,5-9,11-16H2,1H3. The van der Waals surface area contributed by atoms with E-state index in [1.54, 1.807) is 33.9 Å². The summed E-state index contributed by atoms with van der Waals surface area (Å²) in [7, 11) is 1.70. The lowest BCUT2D eigenvalue weighted by Gasteiger charge is -2.48. The molecule has 0 radical (unpaired) electrons. The molecule has 3 atom stereocenters. The van der Waals surface area contributed by atoms with Gasteiger partial charge >= 0.3 is 0 Å². The summed E-state index contributed by atoms with van der Waals surface area (Å²) in [6.07, 6.45) is 1.85. The average Bonchev–Trinajstić information content (AvgIpc) is 2.90. The van der Waals surface area contributed by atoms with Gasteiger partial charge in [0.15, 0.2) is 0 Å². The monoisotopic (exact) mass is 585 g/mol. The van der Waals surface area contributed by atoms with E-state index < -0.39 is 11.8 Å². The van der Waals surface area contributed by atoms with E-state index in [4.69, 9.17) is 23.2 Å². The molecule has 0 aromatic heterocycles. The van der Waals surface area contributed by atoms with Crippen LogP contribution in [0.2, 0.25) is 10.0 Å². The first-order chi connectivity index (χ1) is 18.5. The highest BCUT2D eigenvalue weighted by molar-refractivity contribution is 6.42. The first kappa shape index (κ1) is 28.5. The number of hydrogen-bond donors (Lipinski definition) is 1. The number of carbonyl (C=O) groups excluding carboxylic acids is 3. The fourth-order valence-electron chi connectivity index (χ4n) is 6.36. The van der Waals surface area contributed by atoms with Gasteiger partial charge in [0.05, 0.1) is 22.6 Å². The van der Waals surface area contributed by atoms with Crippen molar-refractivity contribution in [2.24, 2.45) is 11.8 Å². The van der Waals surface area contributed by atoms with Crippen molar-refractivity contribution < 1.29 is 23.2 Å². The summed E-state index contributed by atoms with van der Waals surface area (Å²) < 4.78 is 26.4. The number of piperazine rings is 1. The molecule has 3 unspecified atom stereocenters. The van der Waals surface area contributed by atoms with Crippen LogP contribution in [0.15, 0.2) is 18.2 Å². The van der Waals surface area contributed by atoms with Crippen molar-refractivity contribution in [2.45, 2.75) is 56.7 Å². The van der Waals surface area contributed by atoms with Crippen LogP contribution in [0.1, 0.15) is 37.7 Å². The second-order valence-corrected chi connectivity index (χ2v) is 12.2. The molecule has 214 valence electrons. The molecule has 2 aliphatic heterocycles. The van der Waals surface area contributed by atoms with Gasteiger partial charge in [0.1, 0.15) is 6.54 Å². The van der Waals surface area contributed by atoms with Crippen LogP contribution in [0.4, 0.5) is 8.78 Å². The van der Waals surface area contributed by atoms with Crippen LogP contribution >= 0.6 is 23.2 Å². The summed E-state index contributed by atoms with van der Waals surface area (Å²) in [6, 6.07) is 5.56. The molecule has 0 spiro atoms. The topological polar surface area (TPSA) is 76.2 Å². The van der Waals surface area contributed by atoms with Crippen molar-refractivity contribution in [2.75, 3.05) is 46.4 Å². The first-order valence-electron chi connectivity index (χ1n) is 13.6. The van der Waals surface area contributed by atoms with Crippen LogP contribution in [0.25, 0.3) is 0 Å². The van der Waals surface area contributed by atoms with E-state index in [1.165, 1.54) is 0 Å². The number of amides is 3. The predicted octanol–water partition coefficient (Wildman–Crippen LogP) is 3.07. The molecule has 12 heteroatoms. The molecular weight excluding hydrogens is 551 g/mol. The third-order valence-corrected chi connectivity index (χ3v) is 9.47. The maximum atomic E-state index is 13.4. The molecule has 8 nitrogen and oxygen atoms in total. The lowest BCUT2D eigenvalue weighted by Crippen LogP contribution is -2.62. The van der Waals surface area contributed by atoms with Crippen molar-refractivity contribution in [3.63, 3.8) is 0 Å². The van der Waals surface area contributed by atoms with Crippen LogP contribution in [0, 0.1) is 11.8 Å². The Kier molecular flexibility index (Phi) is 8.38. The van der Waals surface area contributed by atoms with Crippen molar-refractivity contribution in [3.05, 3.63) is 33.8 Å². The van der Waals surface area contributed by atoms with Crippen LogP contribution in [0.3, 0.4) is 0 Å². The van der Waals surface area contributed by atoms with Crippen molar-refractivity contribution >= 4 is 40.9 Å². The number of nitrogens with one attached hydrogen (secondary N) is 1. The molecule has 1 aromatic rings. The van der Waals surface area contributed by atoms with Crippen molar-refractivity contribution in [1.29, 1.82) is 0 Å². The van der Waals surface area contributed by atoms with Crippen LogP contribution in [-0.4, -0.2) is 102 Å². The zero-order chi connectivity index (χ0) is 27.9. The number of hydrogen-bond acceptors (Lipinski definition) is 5. The maximum Gasteiger partial charge on any atom is 0.249 e. The number of likely N-dealkylation sites (N-methyl/N-ethyl adjacent to an activating group) is 1. The molecule has 5 rings (SSSR count). The average molecular weight is 587 g/mol. The van der Waals surface area contributed by atoms with Gasteiger partial charge < -0.3 is 14.7 Å². The van der Waals surface area contributed by atoms with E-state index in [9.17, 15) is 23.2 Å². The maximum absolute atomic E-state index is 13.4. The highest BCUT2D eigenvalue weighted by Gasteiger charge is 2.50. The highest BCUT2D eigenvalue weighted by atomic mass is 35.5. The van der Waals surface area contributed by atoms with E-state index in [0.717, 1.165) is 18.4 Å². The van der Waals surface area contributed by atoms with Gasteiger partial charge in [0.25, 0.3) is 0 Å². The van der Waals surface area contributed by atoms with Gasteiger partial charge in [-0.05, 0) is 37.0 Å². The van der Waals surface area contributed by atoms with Crippen LogP contribution < -0.4 is 5.32 Å². The van der Waals surface area contributed by atoms with Crippen molar-refractivity contribution in [3.8, 4) is 0 Å². The van der Waals surface area contributed by atoms with E-state index in [2.05, 4.69) is 10.2 Å². The minimum Gasteiger partial charge on any atom is -0.340 e. The van der Waals surface area contributed by atoms with Gasteiger partial charge in [-0.1, -0.05) is 29.3 Å². The Balaban J connectivity index is 1.11. The number of carbonyl (C=O) groups is 3. The quantitative estimate of drug-likeness (QED) is 0.555. The Bertz CT molecular complexity index is 1110. The van der Waals surface area contributed by atoms with Crippen LogP contribution in [0.5, 0.6) is 0 Å². The van der Waals surface area contributed by atoms with Gasteiger partial charge in [-0.15, -0.1) is 0 Å². The van der Waals surface area contributed by atoms with Crippen LogP contribution in [-0.2, 0) is 20.9 Å². The molecular formula is C27H35Cl2F2N5O3. The third kappa shape index (κ3) is 6.34. The molecule has 4 fully saturated rings. The third-order valence-electron chi connectivity index (χ3n) is 8.73. The molecule has 39 heavy (non-hydrogen) atoms. The SMILES string of the molecule is CN(Cc1ccc(Cl)c(Cl)c1)C(=O)CN1CNC2CCC(N3CCN(C(=O)C4CC(F)(F)C4)CC3)CC2C1=O. The number of nitrogens with zero attached hydrogens (tertiary/aromatic N) is 4. The summed E-state index contributed by atoms with van der Waals surface area (Å²) in [5.74, 6) is -3.76. The first-order valence-corrected chi connectivity index (χ1v) is 14.4. The minimum atomic E-state index is -2.69. The molecule has 3 amide bonds. The van der Waals surface area contributed by atoms with Gasteiger partial charge in [-0.25, -0.2) is 8.78 Å². The Morgan fingerprint density at radius 1 is 1.10 bits per heavy atom. The fourth-order valence-corrected chi connectivity index (χ4v) is 6.68. The number of rotatable bonds is 6. The summed E-state index contributed by atoms with van der Waals surface area (Å²) >= 11 is 12.1. The van der Waals surface area contributed by atoms with Gasteiger partial charge in [-0.2, -0.15) is 0 Å². The summed E-state index contributed by atoms with van der Waals surface area (Å²) in [5.41, 5.74) is 0.853. The van der Waals surface area contributed by atoms with Gasteiger partial charge in [0, 0.05) is 70.6 Å². The highest BCUT2D eigenvalue weighted by Crippen LogP contribution is 2.43. The summed E-state index contributed by atoms with van der Waals surface area (Å²) in [5, 5.41) is 4.34. The summed E-state index contributed by atoms with van der Waals surface area (Å²) in [6.45, 7) is 3.13. The zero-order valence-corrected chi connectivity index (χ0v) is 23.6. The Labute approximate surface area is 237 Å². The number of halogens is 4. The minimum absolute atomic E-state index is 0.000497. The molecule has 2 saturated heterocycles. The molecule has 4 aliphatic rings. The summed E-state index contributed by atoms with van der Waals surface area (Å²) in [4.78, 5) is 46.2. The normalized spacial score (nSPS) is 27.6. The smallest absolute Gasteiger partial charge is 0.249 e. The molecule has 2 heterocycles. The van der Waals surface area contributed by atoms with E-state index in [1.807, 2.05) is 6.07 Å². The zero-order valence-electron chi connectivity index (χ0n) is 22.1. The van der Waals surface area contributed by atoms with E-state index in [-0.39, 0.29) is 55.1 Å². The Morgan fingerprint density at radius 3 is 2.49 bits per heavy atom. The number of fused-ring (bicyclic) bond motifs is 1. The number of alkyl halides is 2. The number of benzene rings is 1. The molecule has 2 aliphatic carbocycles. The second-order valence-electron chi connectivity index (χ2n) is 11.4. The van der Waals surface area contributed by atoms with Crippen molar-refractivity contribution in [1.82, 2.24) is 24.9 Å². The molecule has 2 saturated carbocycles. The molecule has 0 bridgehead atoms. The second kappa shape index (κ2) is 11.5. The van der Waals surface area contributed by atoms with E-state index in [0.29, 0.717) is 55.9 Å².